The van der Waals surface area contributed by atoms with Gasteiger partial charge in [0, 0.05) is 18.2 Å². The van der Waals surface area contributed by atoms with Gasteiger partial charge >= 0.3 is 0 Å². The van der Waals surface area contributed by atoms with Crippen LogP contribution in [0.15, 0.2) is 24.3 Å². The molecule has 0 aromatic heterocycles. The Kier molecular flexibility index (Phi) is 3.74. The Morgan fingerprint density at radius 1 is 1.41 bits per heavy atom. The van der Waals surface area contributed by atoms with Gasteiger partial charge in [-0.3, -0.25) is 4.90 Å². The predicted molar refractivity (Wildman–Crippen MR) is 63.9 cm³/mol. The SMILES string of the molecule is CN1CC(CN)CC1c1ccccc1C(F)F. The van der Waals surface area contributed by atoms with Crippen molar-refractivity contribution in [2.75, 3.05) is 20.1 Å². The van der Waals surface area contributed by atoms with Gasteiger partial charge in [0.15, 0.2) is 0 Å². The van der Waals surface area contributed by atoms with Crippen molar-refractivity contribution in [3.05, 3.63) is 35.4 Å². The molecule has 17 heavy (non-hydrogen) atoms. The van der Waals surface area contributed by atoms with E-state index in [1.807, 2.05) is 19.2 Å². The number of likely N-dealkylation sites (tertiary alicyclic amines) is 1. The zero-order valence-corrected chi connectivity index (χ0v) is 9.94. The first-order valence-corrected chi connectivity index (χ1v) is 5.90. The molecular weight excluding hydrogens is 222 g/mol. The van der Waals surface area contributed by atoms with E-state index in [-0.39, 0.29) is 11.6 Å². The molecule has 0 saturated carbocycles. The monoisotopic (exact) mass is 240 g/mol. The minimum absolute atomic E-state index is 0.0775. The van der Waals surface area contributed by atoms with Gasteiger partial charge in [0.1, 0.15) is 0 Å². The fraction of sp³-hybridized carbons (Fsp3) is 0.538. The first-order chi connectivity index (χ1) is 8.13. The maximum absolute atomic E-state index is 12.9. The molecule has 2 nitrogen and oxygen atoms in total. The number of rotatable bonds is 3. The first kappa shape index (κ1) is 12.5. The molecule has 1 aliphatic rings. The van der Waals surface area contributed by atoms with E-state index in [0.717, 1.165) is 18.5 Å². The van der Waals surface area contributed by atoms with Crippen LogP contribution in [0.3, 0.4) is 0 Å². The molecule has 1 saturated heterocycles. The zero-order valence-electron chi connectivity index (χ0n) is 9.94. The molecule has 1 heterocycles. The molecule has 2 N–H and O–H groups in total. The van der Waals surface area contributed by atoms with Crippen LogP contribution in [0.2, 0.25) is 0 Å². The van der Waals surface area contributed by atoms with Crippen LogP contribution < -0.4 is 5.73 Å². The molecule has 4 heteroatoms. The number of nitrogens with zero attached hydrogens (tertiary/aromatic N) is 1. The van der Waals surface area contributed by atoms with Gasteiger partial charge in [-0.25, -0.2) is 8.78 Å². The van der Waals surface area contributed by atoms with Crippen LogP contribution in [-0.4, -0.2) is 25.0 Å². The molecule has 0 aliphatic carbocycles. The quantitative estimate of drug-likeness (QED) is 0.879. The van der Waals surface area contributed by atoms with E-state index in [9.17, 15) is 8.78 Å². The zero-order chi connectivity index (χ0) is 12.4. The topological polar surface area (TPSA) is 29.3 Å². The van der Waals surface area contributed by atoms with Crippen molar-refractivity contribution in [1.82, 2.24) is 4.90 Å². The van der Waals surface area contributed by atoms with Gasteiger partial charge < -0.3 is 5.73 Å². The Hall–Kier alpha value is -1.00. The molecule has 0 amide bonds. The van der Waals surface area contributed by atoms with Crippen molar-refractivity contribution >= 4 is 0 Å². The molecule has 0 bridgehead atoms. The average molecular weight is 240 g/mol. The fourth-order valence-corrected chi connectivity index (χ4v) is 2.65. The minimum Gasteiger partial charge on any atom is -0.330 e. The summed E-state index contributed by atoms with van der Waals surface area (Å²) in [5, 5.41) is 0. The highest BCUT2D eigenvalue weighted by atomic mass is 19.3. The Morgan fingerprint density at radius 3 is 2.71 bits per heavy atom. The van der Waals surface area contributed by atoms with E-state index in [0.29, 0.717) is 12.5 Å². The third-order valence-corrected chi connectivity index (χ3v) is 3.56. The lowest BCUT2D eigenvalue weighted by Crippen LogP contribution is -2.21. The van der Waals surface area contributed by atoms with Gasteiger partial charge in [0.25, 0.3) is 6.43 Å². The van der Waals surface area contributed by atoms with Gasteiger partial charge in [0.05, 0.1) is 0 Å². The second-order valence-corrected chi connectivity index (χ2v) is 4.72. The Bertz CT molecular complexity index is 381. The van der Waals surface area contributed by atoms with E-state index in [1.165, 1.54) is 6.07 Å². The van der Waals surface area contributed by atoms with E-state index < -0.39 is 6.43 Å². The van der Waals surface area contributed by atoms with Gasteiger partial charge in [-0.1, -0.05) is 24.3 Å². The molecule has 0 spiro atoms. The summed E-state index contributed by atoms with van der Waals surface area (Å²) in [6.07, 6.45) is -1.53. The molecule has 2 rings (SSSR count). The molecule has 1 aromatic carbocycles. The van der Waals surface area contributed by atoms with E-state index in [2.05, 4.69) is 4.90 Å². The molecule has 0 radical (unpaired) electrons. The minimum atomic E-state index is -2.41. The maximum Gasteiger partial charge on any atom is 0.264 e. The lowest BCUT2D eigenvalue weighted by Gasteiger charge is -2.22. The van der Waals surface area contributed by atoms with Crippen LogP contribution >= 0.6 is 0 Å². The summed E-state index contributed by atoms with van der Waals surface area (Å²) < 4.78 is 25.9. The van der Waals surface area contributed by atoms with Crippen LogP contribution in [0.25, 0.3) is 0 Å². The van der Waals surface area contributed by atoms with Crippen LogP contribution in [0.5, 0.6) is 0 Å². The number of nitrogens with two attached hydrogens (primary N) is 1. The summed E-state index contributed by atoms with van der Waals surface area (Å²) in [6.45, 7) is 1.51. The molecular formula is C13H18F2N2. The number of hydrogen-bond donors (Lipinski definition) is 1. The van der Waals surface area contributed by atoms with Gasteiger partial charge in [-0.15, -0.1) is 0 Å². The first-order valence-electron chi connectivity index (χ1n) is 5.90. The van der Waals surface area contributed by atoms with Crippen molar-refractivity contribution in [2.45, 2.75) is 18.9 Å². The number of benzene rings is 1. The summed E-state index contributed by atoms with van der Waals surface area (Å²) in [7, 11) is 1.97. The second kappa shape index (κ2) is 5.10. The highest BCUT2D eigenvalue weighted by Gasteiger charge is 2.32. The van der Waals surface area contributed by atoms with E-state index in [4.69, 9.17) is 5.73 Å². The summed E-state index contributed by atoms with van der Waals surface area (Å²) in [4.78, 5) is 2.12. The second-order valence-electron chi connectivity index (χ2n) is 4.72. The summed E-state index contributed by atoms with van der Waals surface area (Å²) in [5.41, 5.74) is 6.56. The Balaban J connectivity index is 2.28. The molecule has 94 valence electrons. The van der Waals surface area contributed by atoms with Gasteiger partial charge in [-0.05, 0) is 31.5 Å². The predicted octanol–water partition coefficient (Wildman–Crippen LogP) is 2.58. The lowest BCUT2D eigenvalue weighted by molar-refractivity contribution is 0.147. The molecule has 1 fully saturated rings. The summed E-state index contributed by atoms with van der Waals surface area (Å²) >= 11 is 0. The molecule has 1 aliphatic heterocycles. The molecule has 2 atom stereocenters. The van der Waals surface area contributed by atoms with Crippen LogP contribution in [0.1, 0.15) is 30.0 Å². The highest BCUT2D eigenvalue weighted by molar-refractivity contribution is 5.31. The Labute approximate surface area is 100 Å². The smallest absolute Gasteiger partial charge is 0.264 e. The summed E-state index contributed by atoms with van der Waals surface area (Å²) in [6, 6.07) is 6.89. The van der Waals surface area contributed by atoms with E-state index >= 15 is 0 Å². The fourth-order valence-electron chi connectivity index (χ4n) is 2.65. The van der Waals surface area contributed by atoms with Gasteiger partial charge in [-0.2, -0.15) is 0 Å². The van der Waals surface area contributed by atoms with E-state index in [1.54, 1.807) is 6.07 Å². The third kappa shape index (κ3) is 2.48. The average Bonchev–Trinajstić information content (AvgIpc) is 2.70. The van der Waals surface area contributed by atoms with Crippen LogP contribution in [0, 0.1) is 5.92 Å². The van der Waals surface area contributed by atoms with Crippen molar-refractivity contribution in [3.8, 4) is 0 Å². The molecule has 2 unspecified atom stereocenters. The normalized spacial score (nSPS) is 25.7. The number of hydrogen-bond acceptors (Lipinski definition) is 2. The molecule has 1 aromatic rings. The summed E-state index contributed by atoms with van der Waals surface area (Å²) in [5.74, 6) is 0.413. The van der Waals surface area contributed by atoms with Crippen LogP contribution in [-0.2, 0) is 0 Å². The standard InChI is InChI=1S/C13H18F2N2/c1-17-8-9(7-16)6-12(17)10-4-2-3-5-11(10)13(14)15/h2-5,9,12-13H,6-8,16H2,1H3. The largest absolute Gasteiger partial charge is 0.330 e. The lowest BCUT2D eigenvalue weighted by atomic mass is 9.96. The number of alkyl halides is 2. The van der Waals surface area contributed by atoms with Crippen molar-refractivity contribution in [2.24, 2.45) is 11.7 Å². The van der Waals surface area contributed by atoms with Crippen molar-refractivity contribution < 1.29 is 8.78 Å². The van der Waals surface area contributed by atoms with Gasteiger partial charge in [0.2, 0.25) is 0 Å². The highest BCUT2D eigenvalue weighted by Crippen LogP contribution is 2.37. The van der Waals surface area contributed by atoms with Crippen molar-refractivity contribution in [3.63, 3.8) is 0 Å². The maximum atomic E-state index is 12.9. The number of halogens is 2. The third-order valence-electron chi connectivity index (χ3n) is 3.56. The van der Waals surface area contributed by atoms with Crippen LogP contribution in [0.4, 0.5) is 8.78 Å². The Morgan fingerprint density at radius 2 is 2.12 bits per heavy atom. The van der Waals surface area contributed by atoms with Crippen molar-refractivity contribution in [1.29, 1.82) is 0 Å².